The highest BCUT2D eigenvalue weighted by molar-refractivity contribution is 5.96. The van der Waals surface area contributed by atoms with Crippen molar-refractivity contribution in [2.24, 2.45) is 5.92 Å². The monoisotopic (exact) mass is 348 g/mol. The summed E-state index contributed by atoms with van der Waals surface area (Å²) in [6, 6.07) is 3.88. The number of hydrogen-bond donors (Lipinski definition) is 1. The molecule has 2 amide bonds. The Balaban J connectivity index is 1.95. The fourth-order valence-electron chi connectivity index (χ4n) is 2.91. The van der Waals surface area contributed by atoms with Crippen molar-refractivity contribution in [3.8, 4) is 11.5 Å². The molecule has 0 bridgehead atoms. The second-order valence-corrected chi connectivity index (χ2v) is 6.75. The molecular weight excluding hydrogens is 320 g/mol. The Hall–Kier alpha value is -2.24. The van der Waals surface area contributed by atoms with Crippen LogP contribution >= 0.6 is 0 Å². The van der Waals surface area contributed by atoms with Crippen molar-refractivity contribution in [3.63, 3.8) is 0 Å². The molecule has 138 valence electrons. The van der Waals surface area contributed by atoms with Gasteiger partial charge in [0.05, 0.1) is 14.2 Å². The number of benzene rings is 1. The molecule has 1 N–H and O–H groups in total. The standard InChI is InChI=1S/C19H28N2O4/c1-13(2)5-7-20-18(22)11-19(23)21-8-6-14-9-16(24-3)17(25-4)10-15(14)12-21/h9-10,13H,5-8,11-12H2,1-4H3,(H,20,22). The quantitative estimate of drug-likeness (QED) is 0.767. The van der Waals surface area contributed by atoms with E-state index >= 15 is 0 Å². The smallest absolute Gasteiger partial charge is 0.232 e. The maximum atomic E-state index is 12.4. The summed E-state index contributed by atoms with van der Waals surface area (Å²) in [5.41, 5.74) is 2.19. The highest BCUT2D eigenvalue weighted by atomic mass is 16.5. The van der Waals surface area contributed by atoms with Gasteiger partial charge in [0.15, 0.2) is 11.5 Å². The molecule has 0 aliphatic carbocycles. The Bertz CT molecular complexity index is 628. The molecule has 25 heavy (non-hydrogen) atoms. The Kier molecular flexibility index (Phi) is 6.67. The summed E-state index contributed by atoms with van der Waals surface area (Å²) in [7, 11) is 3.21. The summed E-state index contributed by atoms with van der Waals surface area (Å²) >= 11 is 0. The van der Waals surface area contributed by atoms with Gasteiger partial charge in [-0.25, -0.2) is 0 Å². The molecule has 1 aromatic carbocycles. The minimum absolute atomic E-state index is 0.0965. The number of rotatable bonds is 7. The third kappa shape index (κ3) is 5.11. The molecule has 1 aromatic rings. The number of fused-ring (bicyclic) bond motifs is 1. The Morgan fingerprint density at radius 3 is 2.40 bits per heavy atom. The molecule has 0 saturated carbocycles. The molecule has 1 aliphatic heterocycles. The van der Waals surface area contributed by atoms with Crippen LogP contribution < -0.4 is 14.8 Å². The van der Waals surface area contributed by atoms with Crippen LogP contribution in [0.25, 0.3) is 0 Å². The largest absolute Gasteiger partial charge is 0.493 e. The van der Waals surface area contributed by atoms with Crippen LogP contribution in [0.4, 0.5) is 0 Å². The van der Waals surface area contributed by atoms with E-state index in [1.807, 2.05) is 12.1 Å². The van der Waals surface area contributed by atoms with Crippen LogP contribution in [0.5, 0.6) is 11.5 Å². The van der Waals surface area contributed by atoms with Crippen molar-refractivity contribution < 1.29 is 19.1 Å². The topological polar surface area (TPSA) is 67.9 Å². The molecule has 0 atom stereocenters. The van der Waals surface area contributed by atoms with E-state index in [0.29, 0.717) is 37.1 Å². The van der Waals surface area contributed by atoms with Crippen molar-refractivity contribution >= 4 is 11.8 Å². The molecule has 1 heterocycles. The number of carbonyl (C=O) groups is 2. The number of nitrogens with zero attached hydrogens (tertiary/aromatic N) is 1. The Morgan fingerprint density at radius 2 is 1.80 bits per heavy atom. The summed E-state index contributed by atoms with van der Waals surface area (Å²) in [5.74, 6) is 1.54. The third-order valence-electron chi connectivity index (χ3n) is 4.43. The number of ether oxygens (including phenoxy) is 2. The normalized spacial score (nSPS) is 13.4. The third-order valence-corrected chi connectivity index (χ3v) is 4.43. The lowest BCUT2D eigenvalue weighted by molar-refractivity contribution is -0.136. The summed E-state index contributed by atoms with van der Waals surface area (Å²) < 4.78 is 10.7. The van der Waals surface area contributed by atoms with Gasteiger partial charge in [0.1, 0.15) is 6.42 Å². The minimum atomic E-state index is -0.205. The number of hydrogen-bond acceptors (Lipinski definition) is 4. The van der Waals surface area contributed by atoms with E-state index in [9.17, 15) is 9.59 Å². The predicted molar refractivity (Wildman–Crippen MR) is 95.7 cm³/mol. The maximum absolute atomic E-state index is 12.4. The predicted octanol–water partition coefficient (Wildman–Crippen LogP) is 2.14. The first kappa shape index (κ1) is 19.1. The second-order valence-electron chi connectivity index (χ2n) is 6.75. The average molecular weight is 348 g/mol. The molecule has 6 heteroatoms. The van der Waals surface area contributed by atoms with E-state index in [4.69, 9.17) is 9.47 Å². The fraction of sp³-hybridized carbons (Fsp3) is 0.579. The van der Waals surface area contributed by atoms with Gasteiger partial charge < -0.3 is 19.7 Å². The van der Waals surface area contributed by atoms with Gasteiger partial charge in [0, 0.05) is 19.6 Å². The van der Waals surface area contributed by atoms with Crippen LogP contribution in [0.1, 0.15) is 37.8 Å². The first-order valence-corrected chi connectivity index (χ1v) is 8.72. The van der Waals surface area contributed by atoms with Crippen molar-refractivity contribution in [3.05, 3.63) is 23.3 Å². The van der Waals surface area contributed by atoms with E-state index in [1.165, 1.54) is 0 Å². The molecule has 0 aromatic heterocycles. The summed E-state index contributed by atoms with van der Waals surface area (Å²) in [6.07, 6.45) is 1.57. The first-order valence-electron chi connectivity index (χ1n) is 8.72. The van der Waals surface area contributed by atoms with Crippen molar-refractivity contribution in [2.45, 2.75) is 39.7 Å². The van der Waals surface area contributed by atoms with E-state index in [-0.39, 0.29) is 18.2 Å². The number of amides is 2. The van der Waals surface area contributed by atoms with Gasteiger partial charge in [0.25, 0.3) is 0 Å². The van der Waals surface area contributed by atoms with E-state index < -0.39 is 0 Å². The van der Waals surface area contributed by atoms with Gasteiger partial charge in [-0.1, -0.05) is 13.8 Å². The zero-order valence-electron chi connectivity index (χ0n) is 15.6. The van der Waals surface area contributed by atoms with Crippen LogP contribution in [-0.4, -0.2) is 44.0 Å². The molecule has 0 spiro atoms. The second kappa shape index (κ2) is 8.74. The molecule has 2 rings (SSSR count). The highest BCUT2D eigenvalue weighted by Crippen LogP contribution is 2.33. The van der Waals surface area contributed by atoms with Crippen LogP contribution in [0.3, 0.4) is 0 Å². The average Bonchev–Trinajstić information content (AvgIpc) is 2.59. The molecular formula is C19H28N2O4. The van der Waals surface area contributed by atoms with Crippen LogP contribution in [0, 0.1) is 5.92 Å². The maximum Gasteiger partial charge on any atom is 0.232 e. The first-order chi connectivity index (χ1) is 11.9. The molecule has 0 radical (unpaired) electrons. The van der Waals surface area contributed by atoms with Crippen LogP contribution in [-0.2, 0) is 22.6 Å². The van der Waals surface area contributed by atoms with Gasteiger partial charge in [-0.2, -0.15) is 0 Å². The zero-order valence-corrected chi connectivity index (χ0v) is 15.6. The van der Waals surface area contributed by atoms with Crippen molar-refractivity contribution in [1.29, 1.82) is 0 Å². The van der Waals surface area contributed by atoms with E-state index in [1.54, 1.807) is 19.1 Å². The summed E-state index contributed by atoms with van der Waals surface area (Å²) in [6.45, 7) is 5.93. The van der Waals surface area contributed by atoms with E-state index in [2.05, 4.69) is 19.2 Å². The summed E-state index contributed by atoms with van der Waals surface area (Å²) in [5, 5.41) is 2.81. The molecule has 0 fully saturated rings. The molecule has 0 unspecified atom stereocenters. The molecule has 1 aliphatic rings. The molecule has 6 nitrogen and oxygen atoms in total. The SMILES string of the molecule is COc1cc2c(cc1OC)CN(C(=O)CC(=O)NCCC(C)C)CC2. The van der Waals surface area contributed by atoms with Crippen LogP contribution in [0.2, 0.25) is 0 Å². The van der Waals surface area contributed by atoms with Gasteiger partial charge in [-0.3, -0.25) is 9.59 Å². The van der Waals surface area contributed by atoms with Gasteiger partial charge in [-0.15, -0.1) is 0 Å². The summed E-state index contributed by atoms with van der Waals surface area (Å²) in [4.78, 5) is 26.0. The zero-order chi connectivity index (χ0) is 18.4. The highest BCUT2D eigenvalue weighted by Gasteiger charge is 2.24. The van der Waals surface area contributed by atoms with Gasteiger partial charge >= 0.3 is 0 Å². The Labute approximate surface area is 149 Å². The lowest BCUT2D eigenvalue weighted by atomic mass is 9.98. The number of carbonyl (C=O) groups excluding carboxylic acids is 2. The number of nitrogens with one attached hydrogen (secondary N) is 1. The Morgan fingerprint density at radius 1 is 1.16 bits per heavy atom. The van der Waals surface area contributed by atoms with Crippen LogP contribution in [0.15, 0.2) is 12.1 Å². The molecule has 0 saturated heterocycles. The van der Waals surface area contributed by atoms with Gasteiger partial charge in [-0.05, 0) is 42.0 Å². The van der Waals surface area contributed by atoms with Crippen molar-refractivity contribution in [1.82, 2.24) is 10.2 Å². The van der Waals surface area contributed by atoms with Gasteiger partial charge in [0.2, 0.25) is 11.8 Å². The van der Waals surface area contributed by atoms with Crippen molar-refractivity contribution in [2.75, 3.05) is 27.3 Å². The minimum Gasteiger partial charge on any atom is -0.493 e. The van der Waals surface area contributed by atoms with E-state index in [0.717, 1.165) is 24.0 Å². The number of methoxy groups -OCH3 is 2. The fourth-order valence-corrected chi connectivity index (χ4v) is 2.91. The lowest BCUT2D eigenvalue weighted by Gasteiger charge is -2.29. The lowest BCUT2D eigenvalue weighted by Crippen LogP contribution is -2.39.